The molecule has 48 valence electrons. The molecular weight excluding hydrogens is 394 g/mol. The van der Waals surface area contributed by atoms with Crippen molar-refractivity contribution in [1.29, 1.82) is 0 Å². The fraction of sp³-hybridized carbons (Fsp3) is 0. The zero-order valence-corrected chi connectivity index (χ0v) is 10.6. The number of hydrogen-bond acceptors (Lipinski definition) is 0. The second-order valence-corrected chi connectivity index (χ2v) is 0. The quantitative estimate of drug-likeness (QED) is 0.383. The molecule has 0 amide bonds. The van der Waals surface area contributed by atoms with E-state index in [9.17, 15) is 0 Å². The van der Waals surface area contributed by atoms with Crippen molar-refractivity contribution >= 4 is 12.4 Å². The molecule has 0 saturated carbocycles. The van der Waals surface area contributed by atoms with E-state index in [0.717, 1.165) is 0 Å². The van der Waals surface area contributed by atoms with Gasteiger partial charge in [0.15, 0.2) is 0 Å². The molecule has 0 aliphatic heterocycles. The summed E-state index contributed by atoms with van der Waals surface area (Å²) in [6.07, 6.45) is 0. The minimum Gasteiger partial charge on any atom is -1.00 e. The summed E-state index contributed by atoms with van der Waals surface area (Å²) in [4.78, 5) is 0. The van der Waals surface area contributed by atoms with Crippen LogP contribution >= 0.6 is 12.4 Å². The molecule has 0 aromatic carbocycles. The maximum atomic E-state index is 0. The molecular formula is HCl6Ta. The molecule has 0 bridgehead atoms. The fourth-order valence-electron chi connectivity index (χ4n) is 0. The second-order valence-electron chi connectivity index (χ2n) is 0. The van der Waals surface area contributed by atoms with E-state index >= 15 is 0 Å². The molecule has 0 aliphatic carbocycles. The molecule has 0 heterocycles. The van der Waals surface area contributed by atoms with Crippen LogP contribution in [0.15, 0.2) is 0 Å². The molecule has 0 rings (SSSR count). The molecule has 0 unspecified atom stereocenters. The summed E-state index contributed by atoms with van der Waals surface area (Å²) in [5.41, 5.74) is 0. The molecule has 7 heteroatoms. The van der Waals surface area contributed by atoms with Crippen molar-refractivity contribution in [3.05, 3.63) is 0 Å². The largest absolute Gasteiger partial charge is 5.00 e. The predicted molar refractivity (Wildman–Crippen MR) is 7.25 cm³/mol. The average molecular weight is 395 g/mol. The van der Waals surface area contributed by atoms with E-state index in [-0.39, 0.29) is 96.8 Å². The Morgan fingerprint density at radius 2 is 0.429 bits per heavy atom. The van der Waals surface area contributed by atoms with Crippen molar-refractivity contribution in [2.75, 3.05) is 0 Å². The first-order chi connectivity index (χ1) is 0. The summed E-state index contributed by atoms with van der Waals surface area (Å²) in [6.45, 7) is 0. The smallest absolute Gasteiger partial charge is 1.00 e. The van der Waals surface area contributed by atoms with Gasteiger partial charge < -0.3 is 62.0 Å². The van der Waals surface area contributed by atoms with E-state index in [0.29, 0.717) is 0 Å². The van der Waals surface area contributed by atoms with Crippen LogP contribution in [0.25, 0.3) is 0 Å². The van der Waals surface area contributed by atoms with Gasteiger partial charge in [0.2, 0.25) is 0 Å². The fourth-order valence-corrected chi connectivity index (χ4v) is 0. The van der Waals surface area contributed by atoms with Gasteiger partial charge in [-0.3, -0.25) is 0 Å². The average Bonchev–Trinajstić information content (AvgIpc) is 0. The van der Waals surface area contributed by atoms with Crippen molar-refractivity contribution in [3.63, 3.8) is 0 Å². The van der Waals surface area contributed by atoms with E-state index in [2.05, 4.69) is 0 Å². The molecule has 0 aliphatic rings. The Hall–Kier alpha value is 2.48. The Bertz CT molecular complexity index is 4.14. The third-order valence-electron chi connectivity index (χ3n) is 0. The normalized spacial score (nSPS) is 0. The first-order valence-corrected chi connectivity index (χ1v) is 0. The number of halogens is 6. The van der Waals surface area contributed by atoms with Gasteiger partial charge in [-0.25, -0.2) is 0 Å². The summed E-state index contributed by atoms with van der Waals surface area (Å²) >= 11 is 0. The van der Waals surface area contributed by atoms with Crippen molar-refractivity contribution in [2.24, 2.45) is 0 Å². The van der Waals surface area contributed by atoms with Gasteiger partial charge in [0.25, 0.3) is 0 Å². The van der Waals surface area contributed by atoms with Gasteiger partial charge in [-0.2, -0.15) is 0 Å². The second kappa shape index (κ2) is 77.1. The Morgan fingerprint density at radius 3 is 0.429 bits per heavy atom. The van der Waals surface area contributed by atoms with Crippen LogP contribution in [0.4, 0.5) is 0 Å². The van der Waals surface area contributed by atoms with Gasteiger partial charge in [-0.1, -0.05) is 0 Å². The van der Waals surface area contributed by atoms with Crippen LogP contribution in [0.2, 0.25) is 0 Å². The minimum atomic E-state index is 0. The van der Waals surface area contributed by atoms with Gasteiger partial charge in [0.05, 0.1) is 0 Å². The van der Waals surface area contributed by atoms with E-state index in [1.807, 2.05) is 0 Å². The molecule has 0 N–H and O–H groups in total. The topological polar surface area (TPSA) is 0 Å². The first kappa shape index (κ1) is 111. The Balaban J connectivity index is 0. The predicted octanol–water partition coefficient (Wildman–Crippen LogP) is -14.6. The summed E-state index contributed by atoms with van der Waals surface area (Å²) in [5.74, 6) is 0. The van der Waals surface area contributed by atoms with E-state index in [4.69, 9.17) is 0 Å². The molecule has 0 saturated heterocycles. The zero-order valence-electron chi connectivity index (χ0n) is 2.75. The molecule has 0 fully saturated rings. The van der Waals surface area contributed by atoms with Crippen LogP contribution in [0.3, 0.4) is 0 Å². The van der Waals surface area contributed by atoms with E-state index in [1.165, 1.54) is 0 Å². The van der Waals surface area contributed by atoms with Crippen LogP contribution in [0.1, 0.15) is 0 Å². The van der Waals surface area contributed by atoms with Crippen LogP contribution in [0.5, 0.6) is 0 Å². The third-order valence-corrected chi connectivity index (χ3v) is 0. The third kappa shape index (κ3) is 57.9. The van der Waals surface area contributed by atoms with Gasteiger partial charge in [0.1, 0.15) is 0 Å². The molecule has 7 heavy (non-hydrogen) atoms. The van der Waals surface area contributed by atoms with Gasteiger partial charge in [-0.05, 0) is 0 Å². The van der Waals surface area contributed by atoms with Crippen molar-refractivity contribution < 1.29 is 84.4 Å². The molecule has 0 radical (unpaired) electrons. The summed E-state index contributed by atoms with van der Waals surface area (Å²) < 4.78 is 0. The van der Waals surface area contributed by atoms with Crippen LogP contribution in [-0.4, -0.2) is 0 Å². The molecule has 0 aromatic heterocycles. The number of rotatable bonds is 0. The van der Waals surface area contributed by atoms with Gasteiger partial charge in [-0.15, -0.1) is 12.4 Å². The maximum absolute atomic E-state index is 0. The summed E-state index contributed by atoms with van der Waals surface area (Å²) in [5, 5.41) is 0. The van der Waals surface area contributed by atoms with Crippen molar-refractivity contribution in [3.8, 4) is 0 Å². The first-order valence-electron chi connectivity index (χ1n) is 0. The monoisotopic (exact) mass is 392 g/mol. The van der Waals surface area contributed by atoms with Crippen LogP contribution in [-0.2, 0) is 22.4 Å². The number of hydrogen-bond donors (Lipinski definition) is 0. The summed E-state index contributed by atoms with van der Waals surface area (Å²) in [7, 11) is 0. The Kier molecular flexibility index (Phi) is 1220. The maximum Gasteiger partial charge on any atom is 5.00 e. The summed E-state index contributed by atoms with van der Waals surface area (Å²) in [6, 6.07) is 0. The van der Waals surface area contributed by atoms with Crippen LogP contribution < -0.4 is 62.0 Å². The minimum absolute atomic E-state index is 0. The Morgan fingerprint density at radius 1 is 0.429 bits per heavy atom. The Labute approximate surface area is 95.9 Å². The van der Waals surface area contributed by atoms with E-state index in [1.54, 1.807) is 0 Å². The zero-order chi connectivity index (χ0) is 0. The van der Waals surface area contributed by atoms with Crippen molar-refractivity contribution in [1.82, 2.24) is 0 Å². The van der Waals surface area contributed by atoms with Gasteiger partial charge in [0, 0.05) is 0 Å². The molecule has 0 atom stereocenters. The molecule has 0 spiro atoms. The SMILES string of the molecule is Cl.[Cl-].[Cl-].[Cl-].[Cl-].[Cl-].[Ta+5]. The van der Waals surface area contributed by atoms with E-state index < -0.39 is 0 Å². The van der Waals surface area contributed by atoms with Gasteiger partial charge >= 0.3 is 22.4 Å². The van der Waals surface area contributed by atoms with Crippen LogP contribution in [0, 0.1) is 0 Å². The standard InChI is InChI=1S/6ClH.Ta/h6*1H;/q;;;;;;+5/p-5. The molecule has 0 aromatic rings. The van der Waals surface area contributed by atoms with Crippen molar-refractivity contribution in [2.45, 2.75) is 0 Å². The molecule has 0 nitrogen and oxygen atoms in total.